The SMILES string of the molecule is COc1nc(Cl)c(/C=C/C(C)Br)s1. The van der Waals surface area contributed by atoms with Gasteiger partial charge in [-0.25, -0.2) is 0 Å². The number of halogens is 2. The van der Waals surface area contributed by atoms with Crippen molar-refractivity contribution in [2.45, 2.75) is 11.8 Å². The standard InChI is InChI=1S/C8H9BrClNOS/c1-5(9)3-4-6-7(10)11-8(12-2)13-6/h3-5H,1-2H3/b4-3+. The third kappa shape index (κ3) is 3.29. The maximum atomic E-state index is 5.86. The van der Waals surface area contributed by atoms with Gasteiger partial charge in [-0.2, -0.15) is 4.98 Å². The molecule has 0 saturated carbocycles. The van der Waals surface area contributed by atoms with E-state index in [9.17, 15) is 0 Å². The average Bonchev–Trinajstić information content (AvgIpc) is 2.43. The predicted molar refractivity (Wildman–Crippen MR) is 61.1 cm³/mol. The minimum Gasteiger partial charge on any atom is -0.473 e. The van der Waals surface area contributed by atoms with Crippen LogP contribution in [0.3, 0.4) is 0 Å². The lowest BCUT2D eigenvalue weighted by Crippen LogP contribution is -1.78. The van der Waals surface area contributed by atoms with E-state index in [1.54, 1.807) is 7.11 Å². The summed E-state index contributed by atoms with van der Waals surface area (Å²) in [5.41, 5.74) is 0. The highest BCUT2D eigenvalue weighted by atomic mass is 79.9. The van der Waals surface area contributed by atoms with Crippen molar-refractivity contribution in [3.8, 4) is 5.19 Å². The van der Waals surface area contributed by atoms with E-state index in [1.165, 1.54) is 11.3 Å². The second-order valence-electron chi connectivity index (χ2n) is 2.38. The molecule has 0 bridgehead atoms. The topological polar surface area (TPSA) is 22.1 Å². The monoisotopic (exact) mass is 281 g/mol. The number of allylic oxidation sites excluding steroid dienone is 1. The minimum atomic E-state index is 0.330. The highest BCUT2D eigenvalue weighted by Crippen LogP contribution is 2.29. The lowest BCUT2D eigenvalue weighted by Gasteiger charge is -1.89. The van der Waals surface area contributed by atoms with Gasteiger partial charge in [-0.3, -0.25) is 0 Å². The van der Waals surface area contributed by atoms with E-state index in [2.05, 4.69) is 20.9 Å². The van der Waals surface area contributed by atoms with Gasteiger partial charge in [0.05, 0.1) is 12.0 Å². The van der Waals surface area contributed by atoms with Crippen molar-refractivity contribution in [2.75, 3.05) is 7.11 Å². The van der Waals surface area contributed by atoms with E-state index in [1.807, 2.05) is 19.1 Å². The maximum Gasteiger partial charge on any atom is 0.274 e. The molecule has 1 aromatic rings. The fourth-order valence-corrected chi connectivity index (χ4v) is 1.85. The van der Waals surface area contributed by atoms with Crippen LogP contribution in [0, 0.1) is 0 Å². The first kappa shape index (κ1) is 11.0. The highest BCUT2D eigenvalue weighted by molar-refractivity contribution is 9.09. The van der Waals surface area contributed by atoms with Crippen LogP contribution >= 0.6 is 38.9 Å². The Bertz CT molecular complexity index is 311. The Balaban J connectivity index is 2.82. The molecule has 0 fully saturated rings. The van der Waals surface area contributed by atoms with E-state index in [-0.39, 0.29) is 0 Å². The van der Waals surface area contributed by atoms with Crippen molar-refractivity contribution >= 4 is 44.9 Å². The fourth-order valence-electron chi connectivity index (χ4n) is 0.704. The number of ether oxygens (including phenoxy) is 1. The zero-order valence-corrected chi connectivity index (χ0v) is 10.4. The summed E-state index contributed by atoms with van der Waals surface area (Å²) in [5.74, 6) is 0. The quantitative estimate of drug-likeness (QED) is 0.790. The number of hydrogen-bond acceptors (Lipinski definition) is 3. The number of hydrogen-bond donors (Lipinski definition) is 0. The molecule has 5 heteroatoms. The summed E-state index contributed by atoms with van der Waals surface area (Å²) in [6.45, 7) is 2.03. The zero-order chi connectivity index (χ0) is 9.84. The van der Waals surface area contributed by atoms with E-state index in [0.29, 0.717) is 15.2 Å². The van der Waals surface area contributed by atoms with Gasteiger partial charge in [0, 0.05) is 4.83 Å². The summed E-state index contributed by atoms with van der Waals surface area (Å²) < 4.78 is 4.96. The van der Waals surface area contributed by atoms with E-state index in [0.717, 1.165) is 4.88 Å². The third-order valence-electron chi connectivity index (χ3n) is 1.28. The zero-order valence-electron chi connectivity index (χ0n) is 7.25. The molecule has 0 saturated heterocycles. The predicted octanol–water partition coefficient (Wildman–Crippen LogP) is 3.60. The van der Waals surface area contributed by atoms with Crippen LogP contribution in [0.4, 0.5) is 0 Å². The number of alkyl halides is 1. The first-order valence-electron chi connectivity index (χ1n) is 3.66. The molecule has 1 heterocycles. The van der Waals surface area contributed by atoms with Crippen LogP contribution in [0.1, 0.15) is 11.8 Å². The molecule has 0 radical (unpaired) electrons. The van der Waals surface area contributed by atoms with Gasteiger partial charge in [0.15, 0.2) is 5.15 Å². The van der Waals surface area contributed by atoms with Crippen molar-refractivity contribution in [1.82, 2.24) is 4.98 Å². The molecule has 1 unspecified atom stereocenters. The smallest absolute Gasteiger partial charge is 0.274 e. The second-order valence-corrected chi connectivity index (χ2v) is 5.17. The number of nitrogens with zero attached hydrogens (tertiary/aromatic N) is 1. The molecule has 0 aliphatic rings. The van der Waals surface area contributed by atoms with Crippen LogP contribution in [0.5, 0.6) is 5.19 Å². The van der Waals surface area contributed by atoms with E-state index in [4.69, 9.17) is 16.3 Å². The van der Waals surface area contributed by atoms with Crippen LogP contribution in [-0.2, 0) is 0 Å². The molecule has 1 aromatic heterocycles. The molecule has 2 nitrogen and oxygen atoms in total. The lowest BCUT2D eigenvalue weighted by molar-refractivity contribution is 0.412. The summed E-state index contributed by atoms with van der Waals surface area (Å²) in [5, 5.41) is 1.08. The number of methoxy groups -OCH3 is 1. The minimum absolute atomic E-state index is 0.330. The molecule has 0 amide bonds. The molecule has 0 aromatic carbocycles. The summed E-state index contributed by atoms with van der Waals surface area (Å²) in [7, 11) is 1.58. The Kier molecular flexibility index (Phi) is 4.22. The van der Waals surface area contributed by atoms with Crippen LogP contribution in [0.25, 0.3) is 6.08 Å². The molecular formula is C8H9BrClNOS. The normalized spacial score (nSPS) is 13.5. The third-order valence-corrected chi connectivity index (χ3v) is 2.96. The van der Waals surface area contributed by atoms with Crippen LogP contribution in [0.15, 0.2) is 6.08 Å². The second kappa shape index (κ2) is 4.98. The highest BCUT2D eigenvalue weighted by Gasteiger charge is 2.06. The van der Waals surface area contributed by atoms with Crippen LogP contribution in [-0.4, -0.2) is 16.9 Å². The summed E-state index contributed by atoms with van der Waals surface area (Å²) in [6.07, 6.45) is 3.93. The molecule has 72 valence electrons. The van der Waals surface area contributed by atoms with Crippen LogP contribution in [0.2, 0.25) is 5.15 Å². The average molecular weight is 283 g/mol. The van der Waals surface area contributed by atoms with Gasteiger partial charge >= 0.3 is 0 Å². The van der Waals surface area contributed by atoms with E-state index >= 15 is 0 Å². The van der Waals surface area contributed by atoms with Gasteiger partial charge in [-0.1, -0.05) is 44.9 Å². The van der Waals surface area contributed by atoms with Gasteiger partial charge in [-0.15, -0.1) is 0 Å². The largest absolute Gasteiger partial charge is 0.473 e. The summed E-state index contributed by atoms with van der Waals surface area (Å²) in [4.78, 5) is 5.25. The maximum absolute atomic E-state index is 5.86. The van der Waals surface area contributed by atoms with Crippen molar-refractivity contribution in [1.29, 1.82) is 0 Å². The number of aromatic nitrogens is 1. The van der Waals surface area contributed by atoms with Crippen molar-refractivity contribution in [2.24, 2.45) is 0 Å². The summed E-state index contributed by atoms with van der Waals surface area (Å²) in [6, 6.07) is 0. The molecule has 1 atom stereocenters. The van der Waals surface area contributed by atoms with Crippen molar-refractivity contribution < 1.29 is 4.74 Å². The molecule has 0 aliphatic heterocycles. The molecule has 0 spiro atoms. The molecular weight excluding hydrogens is 274 g/mol. The van der Waals surface area contributed by atoms with Gasteiger partial charge in [0.2, 0.25) is 0 Å². The van der Waals surface area contributed by atoms with Gasteiger partial charge in [-0.05, 0) is 13.0 Å². The molecule has 1 rings (SSSR count). The number of rotatable bonds is 3. The Labute approximate surface area is 94.7 Å². The Morgan fingerprint density at radius 1 is 1.69 bits per heavy atom. The number of thiazole rings is 1. The lowest BCUT2D eigenvalue weighted by atomic mass is 10.4. The Hall–Kier alpha value is -0.0600. The molecule has 0 aliphatic carbocycles. The molecule has 0 N–H and O–H groups in total. The Morgan fingerprint density at radius 2 is 2.38 bits per heavy atom. The first-order valence-corrected chi connectivity index (χ1v) is 5.77. The fraction of sp³-hybridized carbons (Fsp3) is 0.375. The van der Waals surface area contributed by atoms with Gasteiger partial charge in [0.1, 0.15) is 0 Å². The van der Waals surface area contributed by atoms with Gasteiger partial charge in [0.25, 0.3) is 5.19 Å². The van der Waals surface area contributed by atoms with Gasteiger partial charge < -0.3 is 4.74 Å². The van der Waals surface area contributed by atoms with Crippen molar-refractivity contribution in [3.05, 3.63) is 16.1 Å². The van der Waals surface area contributed by atoms with Crippen LogP contribution < -0.4 is 4.74 Å². The van der Waals surface area contributed by atoms with Crippen molar-refractivity contribution in [3.63, 3.8) is 0 Å². The first-order chi connectivity index (χ1) is 6.13. The molecule has 13 heavy (non-hydrogen) atoms. The summed E-state index contributed by atoms with van der Waals surface area (Å²) >= 11 is 10.7. The van der Waals surface area contributed by atoms with E-state index < -0.39 is 0 Å². The Morgan fingerprint density at radius 3 is 2.85 bits per heavy atom.